The van der Waals surface area contributed by atoms with E-state index in [0.717, 1.165) is 61.3 Å². The third-order valence-electron chi connectivity index (χ3n) is 11.7. The largest absolute Gasteiger partial charge is 0.456 e. The second-order valence-corrected chi connectivity index (χ2v) is 15.3. The van der Waals surface area contributed by atoms with Gasteiger partial charge in [0.1, 0.15) is 11.2 Å². The van der Waals surface area contributed by atoms with Crippen molar-refractivity contribution in [3.8, 4) is 55.6 Å². The number of hydrogen-bond acceptors (Lipinski definition) is 2. The molecule has 0 bridgehead atoms. The Morgan fingerprint density at radius 2 is 0.750 bits per heavy atom. The van der Waals surface area contributed by atoms with Gasteiger partial charge >= 0.3 is 0 Å². The molecule has 282 valence electrons. The molecular formula is C58H39NO. The molecule has 0 radical (unpaired) electrons. The molecule has 0 saturated heterocycles. The summed E-state index contributed by atoms with van der Waals surface area (Å²) < 4.78 is 6.14. The number of anilines is 3. The predicted molar refractivity (Wildman–Crippen MR) is 253 cm³/mol. The van der Waals surface area contributed by atoms with Crippen LogP contribution in [0.25, 0.3) is 88.3 Å². The third kappa shape index (κ3) is 6.61. The van der Waals surface area contributed by atoms with Crippen LogP contribution in [0.1, 0.15) is 0 Å². The summed E-state index contributed by atoms with van der Waals surface area (Å²) >= 11 is 0. The standard InChI is InChI=1S/C58H39NO/c1-2-12-40(13-3-1)46-17-11-19-50(38-46)53-20-6-8-22-56(53)59(52-33-28-43(29-34-52)49-30-35-58-55(39-49)54-21-7-9-23-57(54)60-58)51-31-26-42(27-32-51)45-16-10-18-47(36-45)48-25-24-41-14-4-5-15-44(41)37-48/h1-39H. The molecule has 0 unspecified atom stereocenters. The monoisotopic (exact) mass is 765 g/mol. The molecule has 2 heteroatoms. The van der Waals surface area contributed by atoms with Crippen LogP contribution in [0.5, 0.6) is 0 Å². The molecule has 0 aliphatic heterocycles. The zero-order chi connectivity index (χ0) is 39.8. The van der Waals surface area contributed by atoms with Gasteiger partial charge in [0, 0.05) is 27.7 Å². The Labute approximate surface area is 349 Å². The third-order valence-corrected chi connectivity index (χ3v) is 11.7. The van der Waals surface area contributed by atoms with Gasteiger partial charge in [-0.05, 0) is 128 Å². The molecule has 1 aromatic heterocycles. The lowest BCUT2D eigenvalue weighted by atomic mass is 9.96. The van der Waals surface area contributed by atoms with E-state index in [9.17, 15) is 0 Å². The van der Waals surface area contributed by atoms with Crippen LogP contribution in [0.4, 0.5) is 17.1 Å². The first kappa shape index (κ1) is 35.2. The Kier molecular flexibility index (Phi) is 8.87. The van der Waals surface area contributed by atoms with Crippen LogP contribution in [0.2, 0.25) is 0 Å². The van der Waals surface area contributed by atoms with Gasteiger partial charge in [0.15, 0.2) is 0 Å². The maximum absolute atomic E-state index is 6.14. The minimum absolute atomic E-state index is 0.902. The number of para-hydroxylation sites is 2. The van der Waals surface area contributed by atoms with Crippen LogP contribution in [0.15, 0.2) is 241 Å². The summed E-state index contributed by atoms with van der Waals surface area (Å²) in [6.45, 7) is 0. The minimum Gasteiger partial charge on any atom is -0.456 e. The van der Waals surface area contributed by atoms with Crippen LogP contribution in [-0.4, -0.2) is 0 Å². The average molecular weight is 766 g/mol. The van der Waals surface area contributed by atoms with Crippen LogP contribution in [0.3, 0.4) is 0 Å². The second-order valence-electron chi connectivity index (χ2n) is 15.3. The van der Waals surface area contributed by atoms with Gasteiger partial charge in [-0.3, -0.25) is 0 Å². The highest BCUT2D eigenvalue weighted by Crippen LogP contribution is 2.43. The van der Waals surface area contributed by atoms with Crippen molar-refractivity contribution in [3.63, 3.8) is 0 Å². The summed E-state index contributed by atoms with van der Waals surface area (Å²) in [5.41, 5.74) is 16.9. The number of furan rings is 1. The molecule has 60 heavy (non-hydrogen) atoms. The molecule has 0 aliphatic carbocycles. The lowest BCUT2D eigenvalue weighted by Crippen LogP contribution is -2.11. The van der Waals surface area contributed by atoms with Gasteiger partial charge in [0.25, 0.3) is 0 Å². The quantitative estimate of drug-likeness (QED) is 0.153. The number of benzene rings is 10. The number of rotatable bonds is 8. The average Bonchev–Trinajstić information content (AvgIpc) is 3.71. The SMILES string of the molecule is c1ccc(-c2cccc(-c3ccccc3N(c3ccc(-c4cccc(-c5ccc6ccccc6c5)c4)cc3)c3ccc(-c4ccc5oc6ccccc6c5c4)cc3)c2)cc1. The molecule has 10 aromatic carbocycles. The van der Waals surface area contributed by atoms with Crippen molar-refractivity contribution in [2.45, 2.75) is 0 Å². The summed E-state index contributed by atoms with van der Waals surface area (Å²) in [4.78, 5) is 2.39. The normalized spacial score (nSPS) is 11.3. The molecule has 11 aromatic rings. The van der Waals surface area contributed by atoms with Crippen molar-refractivity contribution in [1.82, 2.24) is 0 Å². The van der Waals surface area contributed by atoms with E-state index in [4.69, 9.17) is 4.42 Å². The Hall–Kier alpha value is -7.94. The fourth-order valence-electron chi connectivity index (χ4n) is 8.60. The summed E-state index contributed by atoms with van der Waals surface area (Å²) in [5.74, 6) is 0. The first-order chi connectivity index (χ1) is 29.7. The van der Waals surface area contributed by atoms with Gasteiger partial charge in [0.2, 0.25) is 0 Å². The molecule has 0 amide bonds. The molecule has 0 aliphatic rings. The van der Waals surface area contributed by atoms with E-state index in [-0.39, 0.29) is 0 Å². The van der Waals surface area contributed by atoms with Crippen LogP contribution < -0.4 is 4.90 Å². The first-order valence-corrected chi connectivity index (χ1v) is 20.5. The highest BCUT2D eigenvalue weighted by Gasteiger charge is 2.18. The van der Waals surface area contributed by atoms with Crippen LogP contribution in [0, 0.1) is 0 Å². The zero-order valence-electron chi connectivity index (χ0n) is 32.9. The maximum Gasteiger partial charge on any atom is 0.135 e. The molecule has 0 atom stereocenters. The van der Waals surface area contributed by atoms with Crippen molar-refractivity contribution >= 4 is 49.8 Å². The molecule has 2 nitrogen and oxygen atoms in total. The van der Waals surface area contributed by atoms with E-state index in [0.29, 0.717) is 0 Å². The smallest absolute Gasteiger partial charge is 0.135 e. The summed E-state index contributed by atoms with van der Waals surface area (Å²) in [6.07, 6.45) is 0. The van der Waals surface area contributed by atoms with Gasteiger partial charge in [-0.1, -0.05) is 170 Å². The van der Waals surface area contributed by atoms with E-state index < -0.39 is 0 Å². The van der Waals surface area contributed by atoms with E-state index in [1.165, 1.54) is 44.2 Å². The molecule has 11 rings (SSSR count). The lowest BCUT2D eigenvalue weighted by molar-refractivity contribution is 0.669. The zero-order valence-corrected chi connectivity index (χ0v) is 32.9. The molecule has 0 N–H and O–H groups in total. The lowest BCUT2D eigenvalue weighted by Gasteiger charge is -2.28. The van der Waals surface area contributed by atoms with E-state index >= 15 is 0 Å². The Morgan fingerprint density at radius 1 is 0.267 bits per heavy atom. The number of hydrogen-bond donors (Lipinski definition) is 0. The topological polar surface area (TPSA) is 16.4 Å². The highest BCUT2D eigenvalue weighted by atomic mass is 16.3. The van der Waals surface area contributed by atoms with E-state index in [1.807, 2.05) is 12.1 Å². The maximum atomic E-state index is 6.14. The Morgan fingerprint density at radius 3 is 1.50 bits per heavy atom. The van der Waals surface area contributed by atoms with Crippen LogP contribution >= 0.6 is 0 Å². The first-order valence-electron chi connectivity index (χ1n) is 20.5. The molecule has 0 fully saturated rings. The Balaban J connectivity index is 0.991. The summed E-state index contributed by atoms with van der Waals surface area (Å²) in [5, 5.41) is 4.76. The molecular weight excluding hydrogens is 727 g/mol. The molecule has 1 heterocycles. The van der Waals surface area contributed by atoms with Crippen molar-refractivity contribution in [3.05, 3.63) is 237 Å². The van der Waals surface area contributed by atoms with E-state index in [1.54, 1.807) is 0 Å². The van der Waals surface area contributed by atoms with Gasteiger partial charge in [-0.2, -0.15) is 0 Å². The van der Waals surface area contributed by atoms with Crippen molar-refractivity contribution in [2.24, 2.45) is 0 Å². The molecule has 0 saturated carbocycles. The van der Waals surface area contributed by atoms with Gasteiger partial charge < -0.3 is 9.32 Å². The van der Waals surface area contributed by atoms with Crippen molar-refractivity contribution < 1.29 is 4.42 Å². The fraction of sp³-hybridized carbons (Fsp3) is 0. The minimum atomic E-state index is 0.902. The van der Waals surface area contributed by atoms with Crippen LogP contribution in [-0.2, 0) is 0 Å². The highest BCUT2D eigenvalue weighted by molar-refractivity contribution is 6.06. The van der Waals surface area contributed by atoms with E-state index in [2.05, 4.69) is 229 Å². The number of nitrogens with zero attached hydrogens (tertiary/aromatic N) is 1. The predicted octanol–water partition coefficient (Wildman–Crippen LogP) is 16.5. The van der Waals surface area contributed by atoms with Crippen molar-refractivity contribution in [2.75, 3.05) is 4.90 Å². The van der Waals surface area contributed by atoms with Gasteiger partial charge in [-0.15, -0.1) is 0 Å². The fourth-order valence-corrected chi connectivity index (χ4v) is 8.60. The Bertz CT molecular complexity index is 3310. The van der Waals surface area contributed by atoms with Crippen molar-refractivity contribution in [1.29, 1.82) is 0 Å². The summed E-state index contributed by atoms with van der Waals surface area (Å²) in [7, 11) is 0. The summed E-state index contributed by atoms with van der Waals surface area (Å²) in [6, 6.07) is 85.0. The number of fused-ring (bicyclic) bond motifs is 4. The molecule has 0 spiro atoms. The van der Waals surface area contributed by atoms with Gasteiger partial charge in [-0.25, -0.2) is 0 Å². The second kappa shape index (κ2) is 15.1. The van der Waals surface area contributed by atoms with Gasteiger partial charge in [0.05, 0.1) is 5.69 Å².